The molecule has 0 aliphatic carbocycles. The van der Waals surface area contributed by atoms with Gasteiger partial charge in [-0.15, -0.1) is 0 Å². The Morgan fingerprint density at radius 2 is 2.06 bits per heavy atom. The van der Waals surface area contributed by atoms with E-state index in [9.17, 15) is 9.90 Å². The number of unbranched alkanes of at least 4 members (excludes halogenated alkanes) is 2. The summed E-state index contributed by atoms with van der Waals surface area (Å²) in [4.78, 5) is 16.1. The van der Waals surface area contributed by atoms with E-state index in [0.29, 0.717) is 13.0 Å². The van der Waals surface area contributed by atoms with Gasteiger partial charge in [0.1, 0.15) is 0 Å². The van der Waals surface area contributed by atoms with Crippen LogP contribution in [0.25, 0.3) is 0 Å². The molecule has 1 saturated heterocycles. The zero-order chi connectivity index (χ0) is 13.5. The van der Waals surface area contributed by atoms with Crippen LogP contribution < -0.4 is 0 Å². The van der Waals surface area contributed by atoms with Crippen LogP contribution >= 0.6 is 0 Å². The predicted octanol–water partition coefficient (Wildman–Crippen LogP) is 1.48. The Kier molecular flexibility index (Phi) is 6.65. The number of rotatable bonds is 7. The summed E-state index contributed by atoms with van der Waals surface area (Å²) in [5, 5.41) is 9.62. The van der Waals surface area contributed by atoms with Crippen LogP contribution in [0.15, 0.2) is 0 Å². The van der Waals surface area contributed by atoms with Crippen LogP contribution in [0.3, 0.4) is 0 Å². The van der Waals surface area contributed by atoms with Crippen molar-refractivity contribution in [3.63, 3.8) is 0 Å². The Bertz CT molecular complexity index is 256. The number of hydrogen-bond acceptors (Lipinski definition) is 3. The van der Waals surface area contributed by atoms with E-state index in [1.54, 1.807) is 0 Å². The quantitative estimate of drug-likeness (QED) is 0.702. The second kappa shape index (κ2) is 7.74. The molecule has 1 heterocycles. The first-order valence-corrected chi connectivity index (χ1v) is 7.16. The number of carbonyl (C=O) groups excluding carboxylic acids is 1. The first kappa shape index (κ1) is 15.4. The molecule has 0 aromatic heterocycles. The van der Waals surface area contributed by atoms with E-state index in [0.717, 1.165) is 38.6 Å². The fourth-order valence-electron chi connectivity index (χ4n) is 2.61. The molecule has 0 spiro atoms. The molecule has 1 N–H and O–H groups in total. The molecule has 1 rings (SSSR count). The van der Waals surface area contributed by atoms with Crippen LogP contribution in [0.5, 0.6) is 0 Å². The lowest BCUT2D eigenvalue weighted by atomic mass is 10.1. The summed E-state index contributed by atoms with van der Waals surface area (Å²) < 4.78 is 0. The molecule has 0 aromatic rings. The van der Waals surface area contributed by atoms with Crippen LogP contribution in [0.2, 0.25) is 0 Å². The van der Waals surface area contributed by atoms with Crippen LogP contribution in [0.1, 0.15) is 45.4 Å². The Morgan fingerprint density at radius 1 is 1.33 bits per heavy atom. The van der Waals surface area contributed by atoms with Gasteiger partial charge in [0.15, 0.2) is 0 Å². The summed E-state index contributed by atoms with van der Waals surface area (Å²) in [6, 6.07) is 0.259. The molecule has 0 saturated carbocycles. The number of hydrogen-bond donors (Lipinski definition) is 1. The molecule has 4 heteroatoms. The van der Waals surface area contributed by atoms with Crippen molar-refractivity contribution in [2.45, 2.75) is 57.6 Å². The maximum Gasteiger partial charge on any atom is 0.222 e. The molecule has 1 fully saturated rings. The van der Waals surface area contributed by atoms with Crippen molar-refractivity contribution in [1.82, 2.24) is 9.80 Å². The van der Waals surface area contributed by atoms with Gasteiger partial charge in [0.25, 0.3) is 0 Å². The molecule has 18 heavy (non-hydrogen) atoms. The van der Waals surface area contributed by atoms with E-state index in [1.807, 2.05) is 4.90 Å². The summed E-state index contributed by atoms with van der Waals surface area (Å²) in [6.45, 7) is 3.71. The molecule has 0 radical (unpaired) electrons. The van der Waals surface area contributed by atoms with Gasteiger partial charge in [-0.2, -0.15) is 0 Å². The van der Waals surface area contributed by atoms with Gasteiger partial charge in [0.2, 0.25) is 5.91 Å². The Balaban J connectivity index is 2.20. The van der Waals surface area contributed by atoms with E-state index in [-0.39, 0.29) is 18.1 Å². The Labute approximate surface area is 111 Å². The summed E-state index contributed by atoms with van der Waals surface area (Å²) in [7, 11) is 4.14. The standard InChI is InChI=1S/C14H28N2O2/c1-4-12-10-13(17)11-16(12)14(18)8-6-5-7-9-15(2)3/h12-13,17H,4-11H2,1-3H3/t12-,13-/m1/s1. The zero-order valence-corrected chi connectivity index (χ0v) is 12.1. The topological polar surface area (TPSA) is 43.8 Å². The third-order valence-corrected chi connectivity index (χ3v) is 3.68. The van der Waals surface area contributed by atoms with Crippen LogP contribution in [0, 0.1) is 0 Å². The molecule has 1 aliphatic rings. The SMILES string of the molecule is CC[C@@H]1C[C@@H](O)CN1C(=O)CCCCCN(C)C. The normalized spacial score (nSPS) is 23.9. The van der Waals surface area contributed by atoms with Crippen molar-refractivity contribution in [2.75, 3.05) is 27.2 Å². The largest absolute Gasteiger partial charge is 0.391 e. The van der Waals surface area contributed by atoms with Gasteiger partial charge in [-0.25, -0.2) is 0 Å². The van der Waals surface area contributed by atoms with Crippen LogP contribution in [0.4, 0.5) is 0 Å². The Hall–Kier alpha value is -0.610. The molecule has 4 nitrogen and oxygen atoms in total. The molecule has 1 aliphatic heterocycles. The minimum Gasteiger partial charge on any atom is -0.391 e. The lowest BCUT2D eigenvalue weighted by Gasteiger charge is -2.23. The minimum atomic E-state index is -0.312. The second-order valence-corrected chi connectivity index (χ2v) is 5.61. The fourth-order valence-corrected chi connectivity index (χ4v) is 2.61. The number of likely N-dealkylation sites (tertiary alicyclic amines) is 1. The number of amides is 1. The lowest BCUT2D eigenvalue weighted by molar-refractivity contribution is -0.132. The van der Waals surface area contributed by atoms with Gasteiger partial charge in [0.05, 0.1) is 6.10 Å². The fraction of sp³-hybridized carbons (Fsp3) is 0.929. The number of nitrogens with zero attached hydrogens (tertiary/aromatic N) is 2. The summed E-state index contributed by atoms with van der Waals surface area (Å²) in [5.41, 5.74) is 0. The predicted molar refractivity (Wildman–Crippen MR) is 73.4 cm³/mol. The molecule has 0 aromatic carbocycles. The molecule has 0 bridgehead atoms. The first-order valence-electron chi connectivity index (χ1n) is 7.16. The van der Waals surface area contributed by atoms with Crippen LogP contribution in [-0.4, -0.2) is 60.1 Å². The maximum atomic E-state index is 12.1. The van der Waals surface area contributed by atoms with Gasteiger partial charge < -0.3 is 14.9 Å². The molecular weight excluding hydrogens is 228 g/mol. The van der Waals surface area contributed by atoms with Gasteiger partial charge in [0, 0.05) is 19.0 Å². The average Bonchev–Trinajstić information content (AvgIpc) is 2.69. The van der Waals surface area contributed by atoms with E-state index in [1.165, 1.54) is 0 Å². The van der Waals surface area contributed by atoms with E-state index in [4.69, 9.17) is 0 Å². The van der Waals surface area contributed by atoms with Gasteiger partial charge in [-0.3, -0.25) is 4.79 Å². The van der Waals surface area contributed by atoms with Crippen LogP contribution in [-0.2, 0) is 4.79 Å². The number of carbonyl (C=O) groups is 1. The molecule has 2 atom stereocenters. The lowest BCUT2D eigenvalue weighted by Crippen LogP contribution is -2.35. The monoisotopic (exact) mass is 256 g/mol. The first-order chi connectivity index (χ1) is 8.54. The summed E-state index contributed by atoms with van der Waals surface area (Å²) in [5.74, 6) is 0.225. The van der Waals surface area contributed by atoms with Crippen molar-refractivity contribution in [3.8, 4) is 0 Å². The summed E-state index contributed by atoms with van der Waals surface area (Å²) in [6.07, 6.45) is 5.25. The Morgan fingerprint density at radius 3 is 2.67 bits per heavy atom. The number of aliphatic hydroxyl groups is 1. The van der Waals surface area contributed by atoms with Gasteiger partial charge >= 0.3 is 0 Å². The average molecular weight is 256 g/mol. The molecular formula is C14H28N2O2. The minimum absolute atomic E-state index is 0.225. The highest BCUT2D eigenvalue weighted by Crippen LogP contribution is 2.21. The van der Waals surface area contributed by atoms with Crippen molar-refractivity contribution in [3.05, 3.63) is 0 Å². The van der Waals surface area contributed by atoms with Crippen molar-refractivity contribution in [1.29, 1.82) is 0 Å². The third-order valence-electron chi connectivity index (χ3n) is 3.68. The molecule has 106 valence electrons. The number of aliphatic hydroxyl groups excluding tert-OH is 1. The highest BCUT2D eigenvalue weighted by molar-refractivity contribution is 5.76. The van der Waals surface area contributed by atoms with E-state index >= 15 is 0 Å². The van der Waals surface area contributed by atoms with Gasteiger partial charge in [-0.1, -0.05) is 13.3 Å². The highest BCUT2D eigenvalue weighted by Gasteiger charge is 2.32. The smallest absolute Gasteiger partial charge is 0.222 e. The maximum absolute atomic E-state index is 12.1. The number of β-amino-alcohol motifs (C(OH)–C–C–N with tert-alkyl or cyclic N) is 1. The molecule has 0 unspecified atom stereocenters. The van der Waals surface area contributed by atoms with Crippen molar-refractivity contribution in [2.24, 2.45) is 0 Å². The van der Waals surface area contributed by atoms with Gasteiger partial charge in [-0.05, 0) is 46.3 Å². The van der Waals surface area contributed by atoms with Crippen molar-refractivity contribution >= 4 is 5.91 Å². The highest BCUT2D eigenvalue weighted by atomic mass is 16.3. The van der Waals surface area contributed by atoms with Crippen molar-refractivity contribution < 1.29 is 9.90 Å². The van der Waals surface area contributed by atoms with E-state index < -0.39 is 0 Å². The second-order valence-electron chi connectivity index (χ2n) is 5.61. The summed E-state index contributed by atoms with van der Waals surface area (Å²) >= 11 is 0. The van der Waals surface area contributed by atoms with E-state index in [2.05, 4.69) is 25.9 Å². The molecule has 1 amide bonds. The zero-order valence-electron chi connectivity index (χ0n) is 12.1. The third kappa shape index (κ3) is 4.94.